The number of fused-ring (bicyclic) bond motifs is 2. The Kier molecular flexibility index (Phi) is 5.23. The van der Waals surface area contributed by atoms with Crippen LogP contribution < -0.4 is 4.90 Å². The van der Waals surface area contributed by atoms with E-state index in [4.69, 9.17) is 0 Å². The smallest absolute Gasteiger partial charge is 0.237 e. The fourth-order valence-corrected chi connectivity index (χ4v) is 5.67. The summed E-state index contributed by atoms with van der Waals surface area (Å²) < 4.78 is 13.3. The molecule has 30 heavy (non-hydrogen) atoms. The van der Waals surface area contributed by atoms with Crippen LogP contribution in [0.2, 0.25) is 0 Å². The Bertz CT molecular complexity index is 1220. The number of hydrogen-bond acceptors (Lipinski definition) is 5. The van der Waals surface area contributed by atoms with Gasteiger partial charge in [-0.1, -0.05) is 42.1 Å². The maximum atomic E-state index is 13.3. The van der Waals surface area contributed by atoms with E-state index in [1.807, 2.05) is 28.5 Å². The largest absolute Gasteiger partial charge is 0.311 e. The predicted octanol–water partition coefficient (Wildman–Crippen LogP) is 5.57. The van der Waals surface area contributed by atoms with Crippen LogP contribution in [0.25, 0.3) is 21.3 Å². The molecule has 4 nitrogen and oxygen atoms in total. The third-order valence-electron chi connectivity index (χ3n) is 5.23. The van der Waals surface area contributed by atoms with Crippen molar-refractivity contribution in [2.45, 2.75) is 17.9 Å². The van der Waals surface area contributed by atoms with Gasteiger partial charge in [0.1, 0.15) is 22.0 Å². The highest BCUT2D eigenvalue weighted by molar-refractivity contribution is 8.00. The van der Waals surface area contributed by atoms with Crippen LogP contribution in [0.5, 0.6) is 0 Å². The van der Waals surface area contributed by atoms with Gasteiger partial charge in [0.2, 0.25) is 5.91 Å². The zero-order valence-electron chi connectivity index (χ0n) is 16.0. The van der Waals surface area contributed by atoms with Crippen molar-refractivity contribution < 1.29 is 9.18 Å². The van der Waals surface area contributed by atoms with E-state index in [-0.39, 0.29) is 11.7 Å². The van der Waals surface area contributed by atoms with Gasteiger partial charge < -0.3 is 4.90 Å². The number of nitrogens with zero attached hydrogens (tertiary/aromatic N) is 3. The minimum Gasteiger partial charge on any atom is -0.311 e. The summed E-state index contributed by atoms with van der Waals surface area (Å²) in [5.41, 5.74) is 4.12. The van der Waals surface area contributed by atoms with Crippen LogP contribution >= 0.6 is 23.1 Å². The number of thiophene rings is 1. The lowest BCUT2D eigenvalue weighted by molar-refractivity contribution is -0.116. The number of carbonyl (C=O) groups is 1. The van der Waals surface area contributed by atoms with E-state index in [0.29, 0.717) is 5.75 Å². The van der Waals surface area contributed by atoms with Gasteiger partial charge in [-0.25, -0.2) is 14.4 Å². The highest BCUT2D eigenvalue weighted by atomic mass is 32.2. The Morgan fingerprint density at radius 1 is 1.13 bits per heavy atom. The first-order valence-corrected chi connectivity index (χ1v) is 11.6. The summed E-state index contributed by atoms with van der Waals surface area (Å²) >= 11 is 2.96. The first kappa shape index (κ1) is 19.2. The second-order valence-corrected chi connectivity index (χ2v) is 8.90. The lowest BCUT2D eigenvalue weighted by Gasteiger charge is -2.29. The van der Waals surface area contributed by atoms with Crippen LogP contribution in [0.1, 0.15) is 12.0 Å². The van der Waals surface area contributed by atoms with Gasteiger partial charge in [0.25, 0.3) is 0 Å². The Morgan fingerprint density at radius 2 is 1.97 bits per heavy atom. The van der Waals surface area contributed by atoms with Gasteiger partial charge in [0.15, 0.2) is 0 Å². The number of benzene rings is 2. The van der Waals surface area contributed by atoms with Crippen molar-refractivity contribution >= 4 is 44.9 Å². The molecule has 5 rings (SSSR count). The van der Waals surface area contributed by atoms with Gasteiger partial charge >= 0.3 is 0 Å². The van der Waals surface area contributed by atoms with Crippen molar-refractivity contribution in [3.8, 4) is 11.1 Å². The van der Waals surface area contributed by atoms with Gasteiger partial charge in [-0.2, -0.15) is 0 Å². The Morgan fingerprint density at radius 3 is 2.83 bits per heavy atom. The van der Waals surface area contributed by atoms with E-state index in [1.54, 1.807) is 12.1 Å². The number of para-hydroxylation sites is 1. The minimum atomic E-state index is -0.267. The minimum absolute atomic E-state index is 0.0810. The number of rotatable bonds is 4. The van der Waals surface area contributed by atoms with Crippen molar-refractivity contribution in [2.75, 3.05) is 17.2 Å². The molecule has 7 heteroatoms. The topological polar surface area (TPSA) is 46.1 Å². The SMILES string of the molecule is O=C(CSc1ncnc2scc(-c3ccc(F)cc3)c12)N1CCCc2ccccc21. The highest BCUT2D eigenvalue weighted by Crippen LogP contribution is 2.38. The third kappa shape index (κ3) is 3.59. The normalized spacial score (nSPS) is 13.4. The van der Waals surface area contributed by atoms with Gasteiger partial charge in [0.05, 0.1) is 11.1 Å². The van der Waals surface area contributed by atoms with Crippen molar-refractivity contribution in [3.63, 3.8) is 0 Å². The summed E-state index contributed by atoms with van der Waals surface area (Å²) in [4.78, 5) is 24.6. The maximum absolute atomic E-state index is 13.3. The van der Waals surface area contributed by atoms with E-state index < -0.39 is 0 Å². The Labute approximate surface area is 181 Å². The number of aryl methyl sites for hydroxylation is 1. The lowest BCUT2D eigenvalue weighted by Crippen LogP contribution is -2.36. The van der Waals surface area contributed by atoms with Crippen molar-refractivity contribution in [3.05, 3.63) is 71.6 Å². The molecule has 0 fully saturated rings. The zero-order valence-corrected chi connectivity index (χ0v) is 17.7. The van der Waals surface area contributed by atoms with Crippen molar-refractivity contribution in [1.29, 1.82) is 0 Å². The molecule has 1 aliphatic heterocycles. The molecule has 0 atom stereocenters. The highest BCUT2D eigenvalue weighted by Gasteiger charge is 2.23. The molecule has 0 spiro atoms. The second-order valence-electron chi connectivity index (χ2n) is 7.08. The van der Waals surface area contributed by atoms with Crippen LogP contribution in [0.4, 0.5) is 10.1 Å². The molecule has 150 valence electrons. The summed E-state index contributed by atoms with van der Waals surface area (Å²) in [5.74, 6) is 0.119. The molecule has 0 saturated heterocycles. The maximum Gasteiger partial charge on any atom is 0.237 e. The number of anilines is 1. The summed E-state index contributed by atoms with van der Waals surface area (Å²) in [5, 5.41) is 3.71. The molecule has 2 aromatic carbocycles. The van der Waals surface area contributed by atoms with E-state index in [9.17, 15) is 9.18 Å². The quantitative estimate of drug-likeness (QED) is 0.311. The molecule has 0 bridgehead atoms. The number of carbonyl (C=O) groups excluding carboxylic acids is 1. The molecule has 0 N–H and O–H groups in total. The average molecular weight is 436 g/mol. The number of amides is 1. The molecule has 0 aliphatic carbocycles. The van der Waals surface area contributed by atoms with Crippen LogP contribution in [0, 0.1) is 5.82 Å². The molecule has 4 aromatic rings. The summed E-state index contributed by atoms with van der Waals surface area (Å²) in [7, 11) is 0. The van der Waals surface area contributed by atoms with Gasteiger partial charge in [-0.05, 0) is 42.2 Å². The second kappa shape index (κ2) is 8.16. The molecular formula is C23H18FN3OS2. The van der Waals surface area contributed by atoms with Gasteiger partial charge in [0, 0.05) is 23.2 Å². The van der Waals surface area contributed by atoms with Crippen molar-refractivity contribution in [2.24, 2.45) is 0 Å². The molecule has 3 heterocycles. The number of aromatic nitrogens is 2. The molecule has 0 saturated carbocycles. The zero-order chi connectivity index (χ0) is 20.5. The molecule has 1 aliphatic rings. The summed E-state index contributed by atoms with van der Waals surface area (Å²) in [6.45, 7) is 0.745. The molecule has 0 radical (unpaired) electrons. The molecule has 0 unspecified atom stereocenters. The van der Waals surface area contributed by atoms with Crippen LogP contribution in [-0.4, -0.2) is 28.2 Å². The fraction of sp³-hybridized carbons (Fsp3) is 0.174. The van der Waals surface area contributed by atoms with Crippen LogP contribution in [0.3, 0.4) is 0 Å². The third-order valence-corrected chi connectivity index (χ3v) is 7.09. The summed E-state index contributed by atoms with van der Waals surface area (Å²) in [6, 6.07) is 14.5. The van der Waals surface area contributed by atoms with Crippen LogP contribution in [-0.2, 0) is 11.2 Å². The Hall–Kier alpha value is -2.77. The van der Waals surface area contributed by atoms with E-state index in [0.717, 1.165) is 51.4 Å². The summed E-state index contributed by atoms with van der Waals surface area (Å²) in [6.07, 6.45) is 3.52. The first-order valence-electron chi connectivity index (χ1n) is 9.70. The fourth-order valence-electron chi connectivity index (χ4n) is 3.80. The molecule has 2 aromatic heterocycles. The van der Waals surface area contributed by atoms with E-state index in [1.165, 1.54) is 47.1 Å². The number of halogens is 1. The monoisotopic (exact) mass is 435 g/mol. The standard InChI is InChI=1S/C23H18FN3OS2/c24-17-9-7-15(8-10-17)18-12-29-22-21(18)23(26-14-25-22)30-13-20(28)27-11-3-5-16-4-1-2-6-19(16)27/h1-2,4,6-10,12,14H,3,5,11,13H2. The first-order chi connectivity index (χ1) is 14.7. The van der Waals surface area contributed by atoms with Crippen LogP contribution in [0.15, 0.2) is 65.3 Å². The average Bonchev–Trinajstić information content (AvgIpc) is 3.22. The van der Waals surface area contributed by atoms with Gasteiger partial charge in [-0.3, -0.25) is 4.79 Å². The number of hydrogen-bond donors (Lipinski definition) is 0. The number of thioether (sulfide) groups is 1. The predicted molar refractivity (Wildman–Crippen MR) is 121 cm³/mol. The van der Waals surface area contributed by atoms with E-state index >= 15 is 0 Å². The van der Waals surface area contributed by atoms with Gasteiger partial charge in [-0.15, -0.1) is 11.3 Å². The molecule has 1 amide bonds. The van der Waals surface area contributed by atoms with Crippen molar-refractivity contribution in [1.82, 2.24) is 9.97 Å². The lowest BCUT2D eigenvalue weighted by atomic mass is 10.0. The Balaban J connectivity index is 1.42. The van der Waals surface area contributed by atoms with E-state index in [2.05, 4.69) is 16.0 Å². The molecular weight excluding hydrogens is 417 g/mol.